The molecule has 0 saturated carbocycles. The number of hydrogen-bond acceptors (Lipinski definition) is 4. The number of carbonyl (C=O) groups excluding carboxylic acids is 2. The molecule has 10 heteroatoms. The Morgan fingerprint density at radius 1 is 0.897 bits per heavy atom. The number of nitrogens with one attached hydrogen (secondary N) is 1. The summed E-state index contributed by atoms with van der Waals surface area (Å²) >= 11 is 0. The number of benzene rings is 3. The van der Waals surface area contributed by atoms with Gasteiger partial charge in [-0.25, -0.2) is 17.2 Å². The van der Waals surface area contributed by atoms with Crippen molar-refractivity contribution in [3.8, 4) is 0 Å². The fraction of sp³-hybridized carbons (Fsp3) is 0.310. The van der Waals surface area contributed by atoms with E-state index < -0.39 is 46.1 Å². The molecule has 208 valence electrons. The lowest BCUT2D eigenvalue weighted by Crippen LogP contribution is -2.54. The highest BCUT2D eigenvalue weighted by atomic mass is 32.2. The van der Waals surface area contributed by atoms with Crippen molar-refractivity contribution in [3.63, 3.8) is 0 Å². The van der Waals surface area contributed by atoms with Crippen molar-refractivity contribution in [2.75, 3.05) is 17.1 Å². The molecule has 0 radical (unpaired) electrons. The zero-order valence-electron chi connectivity index (χ0n) is 22.4. The maximum Gasteiger partial charge on any atom is 0.244 e. The number of hydrogen-bond donors (Lipinski definition) is 1. The van der Waals surface area contributed by atoms with Crippen LogP contribution in [0.15, 0.2) is 72.8 Å². The van der Waals surface area contributed by atoms with Gasteiger partial charge in [-0.15, -0.1) is 0 Å². The molecule has 3 aromatic carbocycles. The summed E-state index contributed by atoms with van der Waals surface area (Å²) < 4.78 is 53.6. The predicted octanol–water partition coefficient (Wildman–Crippen LogP) is 4.20. The quantitative estimate of drug-likeness (QED) is 0.383. The molecule has 0 aliphatic heterocycles. The summed E-state index contributed by atoms with van der Waals surface area (Å²) in [6.45, 7) is 4.84. The lowest BCUT2D eigenvalue weighted by molar-refractivity contribution is -0.140. The normalized spacial score (nSPS) is 12.2. The third-order valence-corrected chi connectivity index (χ3v) is 7.19. The van der Waals surface area contributed by atoms with Gasteiger partial charge in [-0.3, -0.25) is 13.9 Å². The number of rotatable bonds is 11. The van der Waals surface area contributed by atoms with Gasteiger partial charge < -0.3 is 10.2 Å². The first kappa shape index (κ1) is 29.8. The van der Waals surface area contributed by atoms with Crippen LogP contribution in [0, 0.1) is 18.6 Å². The van der Waals surface area contributed by atoms with Crippen LogP contribution in [-0.2, 0) is 32.6 Å². The van der Waals surface area contributed by atoms with Crippen LogP contribution in [0.25, 0.3) is 0 Å². The van der Waals surface area contributed by atoms with E-state index in [1.165, 1.54) is 4.90 Å². The van der Waals surface area contributed by atoms with Crippen molar-refractivity contribution < 1.29 is 26.8 Å². The second-order valence-electron chi connectivity index (χ2n) is 9.74. The van der Waals surface area contributed by atoms with E-state index in [1.54, 1.807) is 13.8 Å². The van der Waals surface area contributed by atoms with Crippen LogP contribution in [0.1, 0.15) is 30.5 Å². The SMILES string of the molecule is Cc1ccc(CN(C(=O)CN(c2ccc(F)c(F)c2)S(C)(=O)=O)C(Cc2ccccc2)C(=O)NC(C)C)cc1. The predicted molar refractivity (Wildman–Crippen MR) is 147 cm³/mol. The molecule has 0 aliphatic rings. The Kier molecular flexibility index (Phi) is 9.80. The maximum atomic E-state index is 14.0. The van der Waals surface area contributed by atoms with Crippen molar-refractivity contribution in [2.24, 2.45) is 0 Å². The minimum atomic E-state index is -4.08. The third-order valence-electron chi connectivity index (χ3n) is 6.05. The van der Waals surface area contributed by atoms with E-state index in [0.717, 1.165) is 41.1 Å². The van der Waals surface area contributed by atoms with Gasteiger partial charge in [0.05, 0.1) is 11.9 Å². The monoisotopic (exact) mass is 557 g/mol. The highest BCUT2D eigenvalue weighted by molar-refractivity contribution is 7.92. The van der Waals surface area contributed by atoms with E-state index in [-0.39, 0.29) is 24.7 Å². The number of carbonyl (C=O) groups is 2. The molecule has 0 saturated heterocycles. The van der Waals surface area contributed by atoms with E-state index in [4.69, 9.17) is 0 Å². The highest BCUT2D eigenvalue weighted by Gasteiger charge is 2.33. The smallest absolute Gasteiger partial charge is 0.244 e. The Morgan fingerprint density at radius 2 is 1.54 bits per heavy atom. The molecule has 0 fully saturated rings. The molecule has 3 aromatic rings. The second-order valence-corrected chi connectivity index (χ2v) is 11.7. The number of sulfonamides is 1. The van der Waals surface area contributed by atoms with Crippen molar-refractivity contribution in [2.45, 2.75) is 45.8 Å². The third kappa shape index (κ3) is 8.35. The van der Waals surface area contributed by atoms with Gasteiger partial charge in [0, 0.05) is 25.1 Å². The molecule has 0 aromatic heterocycles. The van der Waals surface area contributed by atoms with Crippen LogP contribution >= 0.6 is 0 Å². The standard InChI is InChI=1S/C29H33F2N3O4S/c1-20(2)32-29(36)27(16-22-8-6-5-7-9-22)33(18-23-12-10-21(3)11-13-23)28(35)19-34(39(4,37)38)24-14-15-25(30)26(31)17-24/h5-15,17,20,27H,16,18-19H2,1-4H3,(H,32,36). The van der Waals surface area contributed by atoms with Gasteiger partial charge in [0.25, 0.3) is 0 Å². The summed E-state index contributed by atoms with van der Waals surface area (Å²) in [5.41, 5.74) is 2.36. The number of anilines is 1. The highest BCUT2D eigenvalue weighted by Crippen LogP contribution is 2.22. The molecule has 0 heterocycles. The van der Waals surface area contributed by atoms with Gasteiger partial charge in [-0.05, 0) is 44.0 Å². The summed E-state index contributed by atoms with van der Waals surface area (Å²) in [7, 11) is -4.08. The zero-order chi connectivity index (χ0) is 28.7. The van der Waals surface area contributed by atoms with Crippen LogP contribution in [-0.4, -0.2) is 50.0 Å². The Labute approximate surface area is 228 Å². The molecule has 2 amide bonds. The first-order chi connectivity index (χ1) is 18.3. The molecule has 1 N–H and O–H groups in total. The van der Waals surface area contributed by atoms with Crippen LogP contribution in [0.4, 0.5) is 14.5 Å². The molecular formula is C29H33F2N3O4S. The molecular weight excluding hydrogens is 524 g/mol. The van der Waals surface area contributed by atoms with Crippen molar-refractivity contribution >= 4 is 27.5 Å². The lowest BCUT2D eigenvalue weighted by atomic mass is 10.0. The largest absolute Gasteiger partial charge is 0.352 e. The average Bonchev–Trinajstić information content (AvgIpc) is 2.87. The first-order valence-electron chi connectivity index (χ1n) is 12.5. The van der Waals surface area contributed by atoms with E-state index in [9.17, 15) is 26.8 Å². The van der Waals surface area contributed by atoms with Crippen LogP contribution in [0.2, 0.25) is 0 Å². The van der Waals surface area contributed by atoms with Gasteiger partial charge in [0.1, 0.15) is 12.6 Å². The molecule has 7 nitrogen and oxygen atoms in total. The molecule has 1 unspecified atom stereocenters. The van der Waals surface area contributed by atoms with Crippen LogP contribution in [0.5, 0.6) is 0 Å². The fourth-order valence-electron chi connectivity index (χ4n) is 4.08. The van der Waals surface area contributed by atoms with E-state index in [0.29, 0.717) is 4.31 Å². The number of aryl methyl sites for hydroxylation is 1. The summed E-state index contributed by atoms with van der Waals surface area (Å²) in [5, 5.41) is 2.87. The Morgan fingerprint density at radius 3 is 2.10 bits per heavy atom. The topological polar surface area (TPSA) is 86.8 Å². The Bertz CT molecular complexity index is 1400. The molecule has 0 bridgehead atoms. The minimum Gasteiger partial charge on any atom is -0.352 e. The van der Waals surface area contributed by atoms with E-state index in [1.807, 2.05) is 61.5 Å². The molecule has 39 heavy (non-hydrogen) atoms. The first-order valence-corrected chi connectivity index (χ1v) is 14.3. The van der Waals surface area contributed by atoms with Gasteiger partial charge in [0.15, 0.2) is 11.6 Å². The van der Waals surface area contributed by atoms with Gasteiger partial charge >= 0.3 is 0 Å². The number of amides is 2. The number of nitrogens with zero attached hydrogens (tertiary/aromatic N) is 2. The maximum absolute atomic E-state index is 14.0. The lowest BCUT2D eigenvalue weighted by Gasteiger charge is -2.34. The van der Waals surface area contributed by atoms with Crippen molar-refractivity contribution in [1.29, 1.82) is 0 Å². The fourth-order valence-corrected chi connectivity index (χ4v) is 4.92. The molecule has 0 spiro atoms. The van der Waals surface area contributed by atoms with E-state index >= 15 is 0 Å². The average molecular weight is 558 g/mol. The summed E-state index contributed by atoms with van der Waals surface area (Å²) in [6.07, 6.45) is 1.06. The van der Waals surface area contributed by atoms with Gasteiger partial charge in [-0.1, -0.05) is 60.2 Å². The Balaban J connectivity index is 2.06. The molecule has 3 rings (SSSR count). The Hall–Kier alpha value is -3.79. The minimum absolute atomic E-state index is 0.0253. The summed E-state index contributed by atoms with van der Waals surface area (Å²) in [6, 6.07) is 18.0. The second kappa shape index (κ2) is 12.8. The van der Waals surface area contributed by atoms with Crippen LogP contribution in [0.3, 0.4) is 0 Å². The van der Waals surface area contributed by atoms with Gasteiger partial charge in [-0.2, -0.15) is 0 Å². The van der Waals surface area contributed by atoms with Crippen molar-refractivity contribution in [3.05, 3.63) is 101 Å². The number of halogens is 2. The van der Waals surface area contributed by atoms with Crippen molar-refractivity contribution in [1.82, 2.24) is 10.2 Å². The van der Waals surface area contributed by atoms with E-state index in [2.05, 4.69) is 5.32 Å². The molecule has 0 aliphatic carbocycles. The summed E-state index contributed by atoms with van der Waals surface area (Å²) in [5.74, 6) is -3.46. The zero-order valence-corrected chi connectivity index (χ0v) is 23.2. The van der Waals surface area contributed by atoms with Gasteiger partial charge in [0.2, 0.25) is 21.8 Å². The van der Waals surface area contributed by atoms with Crippen LogP contribution < -0.4 is 9.62 Å². The molecule has 1 atom stereocenters. The summed E-state index contributed by atoms with van der Waals surface area (Å²) in [4.78, 5) is 28.7.